The summed E-state index contributed by atoms with van der Waals surface area (Å²) in [6.45, 7) is 5.13. The molecule has 4 aromatic rings. The number of urea groups is 1. The standard InChI is InChI=1S/C32H35N9O5S/c1-39-15-17-40(18-16-39)29(42)24-9-13-26(14-10-24)34-32(43)33-25-11-7-23(8-12-25)28-35-30(37-31(36-28)41-19-21-46-22-20-41)38-47(44,45)27-5-3-2-4-6-27/h2-14H,15-22H2,1H3,(H2,33,34,43)(H,35,36,37,38). The van der Waals surface area contributed by atoms with E-state index in [2.05, 4.69) is 35.2 Å². The van der Waals surface area contributed by atoms with Crippen LogP contribution in [0.15, 0.2) is 83.8 Å². The van der Waals surface area contributed by atoms with E-state index in [-0.39, 0.29) is 22.6 Å². The highest BCUT2D eigenvalue weighted by Crippen LogP contribution is 2.24. The second kappa shape index (κ2) is 14.1. The van der Waals surface area contributed by atoms with Gasteiger partial charge in [-0.3, -0.25) is 4.79 Å². The lowest BCUT2D eigenvalue weighted by Gasteiger charge is -2.32. The predicted molar refractivity (Wildman–Crippen MR) is 178 cm³/mol. The smallest absolute Gasteiger partial charge is 0.323 e. The van der Waals surface area contributed by atoms with Crippen LogP contribution < -0.4 is 20.3 Å². The number of rotatable bonds is 8. The van der Waals surface area contributed by atoms with E-state index in [0.717, 1.165) is 13.1 Å². The Bertz CT molecular complexity index is 1810. The van der Waals surface area contributed by atoms with Crippen LogP contribution in [-0.4, -0.2) is 105 Å². The van der Waals surface area contributed by atoms with Gasteiger partial charge in [0.05, 0.1) is 18.1 Å². The van der Waals surface area contributed by atoms with Gasteiger partial charge >= 0.3 is 6.03 Å². The van der Waals surface area contributed by atoms with Gasteiger partial charge < -0.3 is 30.1 Å². The Morgan fingerprint density at radius 2 is 1.36 bits per heavy atom. The summed E-state index contributed by atoms with van der Waals surface area (Å²) in [5.74, 6) is 0.444. The maximum absolute atomic E-state index is 13.0. The van der Waals surface area contributed by atoms with E-state index in [0.29, 0.717) is 67.8 Å². The second-order valence-corrected chi connectivity index (χ2v) is 12.8. The number of carbonyl (C=O) groups is 2. The summed E-state index contributed by atoms with van der Waals surface area (Å²) < 4.78 is 34.0. The monoisotopic (exact) mass is 657 g/mol. The summed E-state index contributed by atoms with van der Waals surface area (Å²) in [6, 6.07) is 21.2. The van der Waals surface area contributed by atoms with Crippen LogP contribution in [0.4, 0.5) is 28.1 Å². The topological polar surface area (TPSA) is 162 Å². The Morgan fingerprint density at radius 3 is 2.00 bits per heavy atom. The number of aromatic nitrogens is 3. The number of hydrogen-bond donors (Lipinski definition) is 3. The molecule has 47 heavy (non-hydrogen) atoms. The van der Waals surface area contributed by atoms with Crippen molar-refractivity contribution < 1.29 is 22.7 Å². The molecule has 0 unspecified atom stereocenters. The van der Waals surface area contributed by atoms with Gasteiger partial charge in [0, 0.05) is 61.8 Å². The molecule has 15 heteroatoms. The maximum Gasteiger partial charge on any atom is 0.323 e. The molecular weight excluding hydrogens is 622 g/mol. The molecule has 0 bridgehead atoms. The lowest BCUT2D eigenvalue weighted by molar-refractivity contribution is 0.0664. The second-order valence-electron chi connectivity index (χ2n) is 11.1. The highest BCUT2D eigenvalue weighted by Gasteiger charge is 2.22. The van der Waals surface area contributed by atoms with E-state index >= 15 is 0 Å². The van der Waals surface area contributed by atoms with Crippen molar-refractivity contribution in [2.45, 2.75) is 4.90 Å². The summed E-state index contributed by atoms with van der Waals surface area (Å²) in [7, 11) is -1.90. The number of piperazine rings is 1. The highest BCUT2D eigenvalue weighted by molar-refractivity contribution is 7.92. The van der Waals surface area contributed by atoms with Crippen LogP contribution in [0, 0.1) is 0 Å². The number of nitrogens with zero attached hydrogens (tertiary/aromatic N) is 6. The molecule has 2 aliphatic rings. The van der Waals surface area contributed by atoms with Crippen molar-refractivity contribution in [3.8, 4) is 11.4 Å². The molecule has 3 N–H and O–H groups in total. The Hall–Kier alpha value is -5.12. The van der Waals surface area contributed by atoms with Gasteiger partial charge in [0.1, 0.15) is 0 Å². The average Bonchev–Trinajstić information content (AvgIpc) is 3.09. The highest BCUT2D eigenvalue weighted by atomic mass is 32.2. The first-order chi connectivity index (χ1) is 22.7. The molecule has 3 aromatic carbocycles. The maximum atomic E-state index is 13.0. The molecule has 6 rings (SSSR count). The van der Waals surface area contributed by atoms with Gasteiger partial charge in [-0.25, -0.2) is 17.9 Å². The Labute approximate surface area is 272 Å². The van der Waals surface area contributed by atoms with Crippen LogP contribution in [0.2, 0.25) is 0 Å². The number of carbonyl (C=O) groups excluding carboxylic acids is 2. The largest absolute Gasteiger partial charge is 0.378 e. The van der Waals surface area contributed by atoms with Crippen LogP contribution in [0.3, 0.4) is 0 Å². The SMILES string of the molecule is CN1CCN(C(=O)c2ccc(NC(=O)Nc3ccc(-c4nc(NS(=O)(=O)c5ccccc5)nc(N5CCOCC5)n4)cc3)cc2)CC1. The minimum atomic E-state index is -3.94. The van der Waals surface area contributed by atoms with E-state index in [9.17, 15) is 18.0 Å². The first kappa shape index (κ1) is 31.8. The fourth-order valence-electron chi connectivity index (χ4n) is 5.11. The van der Waals surface area contributed by atoms with Gasteiger partial charge in [0.25, 0.3) is 15.9 Å². The molecule has 2 aliphatic heterocycles. The molecule has 1 aromatic heterocycles. The number of nitrogens with one attached hydrogen (secondary N) is 3. The number of likely N-dealkylation sites (N-methyl/N-ethyl adjacent to an activating group) is 1. The molecule has 2 fully saturated rings. The average molecular weight is 658 g/mol. The van der Waals surface area contributed by atoms with Crippen molar-refractivity contribution in [1.82, 2.24) is 24.8 Å². The fourth-order valence-corrected chi connectivity index (χ4v) is 6.07. The van der Waals surface area contributed by atoms with Gasteiger partial charge in [-0.05, 0) is 67.7 Å². The number of sulfonamides is 1. The third-order valence-electron chi connectivity index (χ3n) is 7.78. The lowest BCUT2D eigenvalue weighted by Crippen LogP contribution is -2.47. The molecule has 244 valence electrons. The summed E-state index contributed by atoms with van der Waals surface area (Å²) in [4.78, 5) is 45.0. The summed E-state index contributed by atoms with van der Waals surface area (Å²) >= 11 is 0. The molecule has 0 saturated carbocycles. The normalized spacial score (nSPS) is 15.6. The van der Waals surface area contributed by atoms with Crippen LogP contribution >= 0.6 is 0 Å². The lowest BCUT2D eigenvalue weighted by atomic mass is 10.1. The van der Waals surface area contributed by atoms with Crippen LogP contribution in [-0.2, 0) is 14.8 Å². The first-order valence-corrected chi connectivity index (χ1v) is 16.6. The summed E-state index contributed by atoms with van der Waals surface area (Å²) in [5.41, 5.74) is 2.22. The minimum absolute atomic E-state index is 0.0230. The van der Waals surface area contributed by atoms with Crippen LogP contribution in [0.5, 0.6) is 0 Å². The molecule has 14 nitrogen and oxygen atoms in total. The number of amides is 3. The number of benzene rings is 3. The van der Waals surface area contributed by atoms with Crippen molar-refractivity contribution >= 4 is 45.2 Å². The van der Waals surface area contributed by atoms with E-state index < -0.39 is 16.1 Å². The van der Waals surface area contributed by atoms with Gasteiger partial charge in [-0.15, -0.1) is 0 Å². The minimum Gasteiger partial charge on any atom is -0.378 e. The zero-order valence-corrected chi connectivity index (χ0v) is 26.6. The quantitative estimate of drug-likeness (QED) is 0.257. The molecular formula is C32H35N9O5S. The van der Waals surface area contributed by atoms with Crippen molar-refractivity contribution in [1.29, 1.82) is 0 Å². The van der Waals surface area contributed by atoms with Crippen molar-refractivity contribution in [2.75, 3.05) is 79.8 Å². The zero-order valence-electron chi connectivity index (χ0n) is 25.8. The van der Waals surface area contributed by atoms with E-state index in [1.165, 1.54) is 12.1 Å². The molecule has 3 heterocycles. The number of ether oxygens (including phenoxy) is 1. The molecule has 0 radical (unpaired) electrons. The fraction of sp³-hybridized carbons (Fsp3) is 0.281. The Morgan fingerprint density at radius 1 is 0.745 bits per heavy atom. The van der Waals surface area contributed by atoms with Crippen molar-refractivity contribution in [3.05, 3.63) is 84.4 Å². The first-order valence-electron chi connectivity index (χ1n) is 15.2. The van der Waals surface area contributed by atoms with Gasteiger partial charge in [-0.1, -0.05) is 18.2 Å². The van der Waals surface area contributed by atoms with Crippen LogP contribution in [0.25, 0.3) is 11.4 Å². The predicted octanol–water partition coefficient (Wildman–Crippen LogP) is 3.21. The molecule has 0 atom stereocenters. The van der Waals surface area contributed by atoms with E-state index in [4.69, 9.17) is 4.74 Å². The molecule has 3 amide bonds. The third kappa shape index (κ3) is 8.00. The number of anilines is 4. The van der Waals surface area contributed by atoms with E-state index in [1.807, 2.05) is 16.8 Å². The number of hydrogen-bond acceptors (Lipinski definition) is 10. The van der Waals surface area contributed by atoms with Gasteiger partial charge in [0.15, 0.2) is 5.82 Å². The molecule has 2 saturated heterocycles. The molecule has 0 spiro atoms. The van der Waals surface area contributed by atoms with Gasteiger partial charge in [0.2, 0.25) is 11.9 Å². The van der Waals surface area contributed by atoms with E-state index in [1.54, 1.807) is 66.7 Å². The Kier molecular flexibility index (Phi) is 9.56. The summed E-state index contributed by atoms with van der Waals surface area (Å²) in [6.07, 6.45) is 0. The van der Waals surface area contributed by atoms with Crippen molar-refractivity contribution in [3.63, 3.8) is 0 Å². The van der Waals surface area contributed by atoms with Crippen molar-refractivity contribution in [2.24, 2.45) is 0 Å². The number of morpholine rings is 1. The third-order valence-corrected chi connectivity index (χ3v) is 9.12. The molecule has 0 aliphatic carbocycles. The van der Waals surface area contributed by atoms with Crippen LogP contribution in [0.1, 0.15) is 10.4 Å². The van der Waals surface area contributed by atoms with Gasteiger partial charge in [-0.2, -0.15) is 15.0 Å². The zero-order chi connectivity index (χ0) is 32.8. The Balaban J connectivity index is 1.13. The summed E-state index contributed by atoms with van der Waals surface area (Å²) in [5, 5.41) is 5.57.